The zero-order valence-corrected chi connectivity index (χ0v) is 15.4. The molecule has 1 amide bonds. The Morgan fingerprint density at radius 1 is 1.07 bits per heavy atom. The van der Waals surface area contributed by atoms with Crippen LogP contribution in [0.25, 0.3) is 11.1 Å². The van der Waals surface area contributed by atoms with Gasteiger partial charge in [-0.15, -0.1) is 11.3 Å². The molecule has 5 nitrogen and oxygen atoms in total. The normalized spacial score (nSPS) is 10.1. The van der Waals surface area contributed by atoms with Gasteiger partial charge in [-0.25, -0.2) is 4.79 Å². The van der Waals surface area contributed by atoms with E-state index in [2.05, 4.69) is 5.32 Å². The Bertz CT molecular complexity index is 999. The van der Waals surface area contributed by atoms with Gasteiger partial charge >= 0.3 is 5.97 Å². The molecular formula is C21H16N2O3S. The quantitative estimate of drug-likeness (QED) is 0.670. The fourth-order valence-electron chi connectivity index (χ4n) is 2.45. The minimum atomic E-state index is -0.532. The highest BCUT2D eigenvalue weighted by Crippen LogP contribution is 2.29. The average Bonchev–Trinajstić information content (AvgIpc) is 3.17. The monoisotopic (exact) mass is 376 g/mol. The number of nitriles is 1. The topological polar surface area (TPSA) is 79.2 Å². The van der Waals surface area contributed by atoms with Crippen LogP contribution in [-0.4, -0.2) is 18.5 Å². The van der Waals surface area contributed by atoms with E-state index in [1.807, 2.05) is 48.7 Å². The molecule has 0 saturated carbocycles. The lowest BCUT2D eigenvalue weighted by molar-refractivity contribution is -0.119. The van der Waals surface area contributed by atoms with Crippen molar-refractivity contribution >= 4 is 28.9 Å². The maximum atomic E-state index is 12.4. The van der Waals surface area contributed by atoms with Gasteiger partial charge in [0, 0.05) is 11.3 Å². The summed E-state index contributed by atoms with van der Waals surface area (Å²) in [6, 6.07) is 18.2. The summed E-state index contributed by atoms with van der Waals surface area (Å²) in [5.74, 6) is -0.975. The number of ether oxygens (including phenoxy) is 1. The number of carbonyl (C=O) groups excluding carboxylic acids is 2. The predicted octanol–water partition coefficient (Wildman–Crippen LogP) is 4.39. The number of anilines is 1. The van der Waals surface area contributed by atoms with E-state index in [1.54, 1.807) is 24.3 Å². The van der Waals surface area contributed by atoms with Gasteiger partial charge in [-0.1, -0.05) is 29.8 Å². The molecule has 0 spiro atoms. The van der Waals surface area contributed by atoms with E-state index >= 15 is 0 Å². The maximum absolute atomic E-state index is 12.4. The van der Waals surface area contributed by atoms with E-state index in [9.17, 15) is 9.59 Å². The van der Waals surface area contributed by atoms with E-state index in [1.165, 1.54) is 11.3 Å². The number of esters is 1. The van der Waals surface area contributed by atoms with Crippen LogP contribution in [0.5, 0.6) is 0 Å². The summed E-state index contributed by atoms with van der Waals surface area (Å²) in [6.45, 7) is 1.61. The Balaban J connectivity index is 1.61. The average molecular weight is 376 g/mol. The second kappa shape index (κ2) is 8.30. The second-order valence-electron chi connectivity index (χ2n) is 5.84. The Morgan fingerprint density at radius 2 is 1.78 bits per heavy atom. The van der Waals surface area contributed by atoms with Crippen LogP contribution in [0.3, 0.4) is 0 Å². The number of aryl methyl sites for hydroxylation is 1. The number of carbonyl (C=O) groups is 2. The van der Waals surface area contributed by atoms with Crippen molar-refractivity contribution in [2.45, 2.75) is 6.92 Å². The zero-order chi connectivity index (χ0) is 19.2. The van der Waals surface area contributed by atoms with Crippen molar-refractivity contribution in [2.24, 2.45) is 0 Å². The summed E-state index contributed by atoms with van der Waals surface area (Å²) in [6.07, 6.45) is 0. The maximum Gasteiger partial charge on any atom is 0.349 e. The van der Waals surface area contributed by atoms with Crippen molar-refractivity contribution in [1.82, 2.24) is 0 Å². The molecule has 0 fully saturated rings. The molecule has 0 aliphatic carbocycles. The number of thiophene rings is 1. The molecule has 0 atom stereocenters. The lowest BCUT2D eigenvalue weighted by Gasteiger charge is -2.07. The summed E-state index contributed by atoms with van der Waals surface area (Å²) in [4.78, 5) is 24.8. The van der Waals surface area contributed by atoms with Crippen LogP contribution in [0.1, 0.15) is 20.8 Å². The number of rotatable bonds is 5. The first-order chi connectivity index (χ1) is 13.1. The summed E-state index contributed by atoms with van der Waals surface area (Å²) < 4.78 is 5.16. The minimum absolute atomic E-state index is 0.385. The van der Waals surface area contributed by atoms with Crippen LogP contribution in [0.4, 0.5) is 5.69 Å². The van der Waals surface area contributed by atoms with Crippen molar-refractivity contribution in [3.63, 3.8) is 0 Å². The van der Waals surface area contributed by atoms with Gasteiger partial charge in [0.15, 0.2) is 6.61 Å². The predicted molar refractivity (Wildman–Crippen MR) is 105 cm³/mol. The summed E-state index contributed by atoms with van der Waals surface area (Å²) in [5.41, 5.74) is 3.89. The van der Waals surface area contributed by atoms with E-state index in [0.717, 1.165) is 16.7 Å². The zero-order valence-electron chi connectivity index (χ0n) is 14.6. The van der Waals surface area contributed by atoms with Crippen molar-refractivity contribution < 1.29 is 14.3 Å². The molecule has 0 bridgehead atoms. The van der Waals surface area contributed by atoms with Crippen molar-refractivity contribution in [3.8, 4) is 17.2 Å². The molecule has 0 radical (unpaired) electrons. The van der Waals surface area contributed by atoms with Crippen LogP contribution in [0.2, 0.25) is 0 Å². The molecule has 1 aromatic heterocycles. The van der Waals surface area contributed by atoms with E-state index in [0.29, 0.717) is 16.1 Å². The van der Waals surface area contributed by atoms with Crippen LogP contribution >= 0.6 is 11.3 Å². The van der Waals surface area contributed by atoms with Gasteiger partial charge in [0.2, 0.25) is 0 Å². The first kappa shape index (κ1) is 18.4. The number of hydrogen-bond donors (Lipinski definition) is 1. The first-order valence-corrected chi connectivity index (χ1v) is 9.06. The number of nitrogens with one attached hydrogen (secondary N) is 1. The smallest absolute Gasteiger partial charge is 0.349 e. The SMILES string of the molecule is Cc1ccc(-c2ccsc2C(=O)OCC(=O)Nc2ccc(C#N)cc2)cc1. The molecule has 1 heterocycles. The number of amides is 1. The van der Waals surface area contributed by atoms with Crippen LogP contribution in [0.15, 0.2) is 60.0 Å². The molecule has 27 heavy (non-hydrogen) atoms. The lowest BCUT2D eigenvalue weighted by Crippen LogP contribution is -2.20. The van der Waals surface area contributed by atoms with Crippen molar-refractivity contribution in [1.29, 1.82) is 5.26 Å². The molecule has 0 aliphatic heterocycles. The molecule has 1 N–H and O–H groups in total. The molecule has 3 rings (SSSR count). The van der Waals surface area contributed by atoms with Crippen molar-refractivity contribution in [2.75, 3.05) is 11.9 Å². The lowest BCUT2D eigenvalue weighted by atomic mass is 10.1. The van der Waals surface area contributed by atoms with Crippen molar-refractivity contribution in [3.05, 3.63) is 76.0 Å². The molecule has 2 aromatic carbocycles. The van der Waals surface area contributed by atoms with Gasteiger partial charge in [-0.3, -0.25) is 4.79 Å². The van der Waals surface area contributed by atoms with E-state index in [4.69, 9.17) is 10.00 Å². The molecule has 3 aromatic rings. The molecule has 0 saturated heterocycles. The van der Waals surface area contributed by atoms with Gasteiger partial charge in [-0.05, 0) is 48.2 Å². The van der Waals surface area contributed by atoms with Crippen LogP contribution < -0.4 is 5.32 Å². The van der Waals surface area contributed by atoms with Gasteiger partial charge in [-0.2, -0.15) is 5.26 Å². The first-order valence-electron chi connectivity index (χ1n) is 8.18. The van der Waals surface area contributed by atoms with Gasteiger partial charge in [0.1, 0.15) is 4.88 Å². The van der Waals surface area contributed by atoms with E-state index < -0.39 is 11.9 Å². The third-order valence-corrected chi connectivity index (χ3v) is 4.74. The summed E-state index contributed by atoms with van der Waals surface area (Å²) in [5, 5.41) is 13.2. The fourth-order valence-corrected chi connectivity index (χ4v) is 3.26. The van der Waals surface area contributed by atoms with E-state index in [-0.39, 0.29) is 6.61 Å². The minimum Gasteiger partial charge on any atom is -0.451 e. The molecule has 134 valence electrons. The molecular weight excluding hydrogens is 360 g/mol. The molecule has 0 aliphatic rings. The highest BCUT2D eigenvalue weighted by atomic mass is 32.1. The second-order valence-corrected chi connectivity index (χ2v) is 6.76. The highest BCUT2D eigenvalue weighted by molar-refractivity contribution is 7.12. The Labute approximate surface area is 160 Å². The standard InChI is InChI=1S/C21H16N2O3S/c1-14-2-6-16(7-3-14)18-10-11-27-20(18)21(25)26-13-19(24)23-17-8-4-15(12-22)5-9-17/h2-11H,13H2,1H3,(H,23,24). The van der Waals surface area contributed by atoms with Crippen LogP contribution in [0, 0.1) is 18.3 Å². The third-order valence-electron chi connectivity index (χ3n) is 3.85. The largest absolute Gasteiger partial charge is 0.451 e. The Hall–Kier alpha value is -3.43. The molecule has 0 unspecified atom stereocenters. The van der Waals surface area contributed by atoms with Gasteiger partial charge in [0.05, 0.1) is 11.6 Å². The number of hydrogen-bond acceptors (Lipinski definition) is 5. The highest BCUT2D eigenvalue weighted by Gasteiger charge is 2.17. The Morgan fingerprint density at radius 3 is 2.44 bits per heavy atom. The molecule has 6 heteroatoms. The summed E-state index contributed by atoms with van der Waals surface area (Å²) in [7, 11) is 0. The number of nitrogens with zero attached hydrogens (tertiary/aromatic N) is 1. The third kappa shape index (κ3) is 4.60. The fraction of sp³-hybridized carbons (Fsp3) is 0.0952. The van der Waals surface area contributed by atoms with Crippen LogP contribution in [-0.2, 0) is 9.53 Å². The number of benzene rings is 2. The summed E-state index contributed by atoms with van der Waals surface area (Å²) >= 11 is 1.28. The Kier molecular flexibility index (Phi) is 5.64. The van der Waals surface area contributed by atoms with Gasteiger partial charge in [0.25, 0.3) is 5.91 Å². The van der Waals surface area contributed by atoms with Gasteiger partial charge < -0.3 is 10.1 Å².